The molecule has 0 spiro atoms. The van der Waals surface area contributed by atoms with Crippen molar-refractivity contribution in [2.75, 3.05) is 6.61 Å². The lowest BCUT2D eigenvalue weighted by atomic mass is 9.69. The van der Waals surface area contributed by atoms with Crippen LogP contribution in [0.15, 0.2) is 71.6 Å². The largest absolute Gasteiger partial charge is 0.494 e. The molecule has 0 amide bonds. The van der Waals surface area contributed by atoms with E-state index in [9.17, 15) is 14.2 Å². The predicted octanol–water partition coefficient (Wildman–Crippen LogP) is 3.01. The highest BCUT2D eigenvalue weighted by Gasteiger charge is 2.38. The Labute approximate surface area is 174 Å². The first-order valence-corrected chi connectivity index (χ1v) is 10.0. The van der Waals surface area contributed by atoms with Gasteiger partial charge in [0, 0.05) is 10.9 Å². The molecular formula is C23H20BFO5. The Hall–Kier alpha value is -2.90. The van der Waals surface area contributed by atoms with Crippen LogP contribution in [0.5, 0.6) is 5.75 Å². The van der Waals surface area contributed by atoms with Crippen molar-refractivity contribution in [1.29, 1.82) is 0 Å². The van der Waals surface area contributed by atoms with E-state index >= 15 is 0 Å². The molecule has 5 rings (SSSR count). The van der Waals surface area contributed by atoms with E-state index in [2.05, 4.69) is 18.2 Å². The van der Waals surface area contributed by atoms with Crippen LogP contribution in [0.3, 0.4) is 0 Å². The van der Waals surface area contributed by atoms with Crippen molar-refractivity contribution < 1.29 is 28.3 Å². The third-order valence-electron chi connectivity index (χ3n) is 6.00. The maximum Gasteiger partial charge on any atom is 0.494 e. The zero-order chi connectivity index (χ0) is 20.7. The van der Waals surface area contributed by atoms with Crippen molar-refractivity contribution in [1.82, 2.24) is 0 Å². The van der Waals surface area contributed by atoms with Crippen molar-refractivity contribution in [3.63, 3.8) is 0 Å². The standard InChI is InChI=1S/C23H20BFO5/c25-22-19(9-8-15-13-29-24(27)21(15)22)28-14-20(26)30-18-7-1-2-10-23-11-3-5-16(18)17(23)6-4-12-23/h1-2,4,6-10,12,27H,3,5,11,13-14H2/b7-1-,10-2+,18-16+. The molecule has 1 N–H and O–H groups in total. The Balaban J connectivity index is 1.33. The zero-order valence-electron chi connectivity index (χ0n) is 16.3. The number of carbonyl (C=O) groups is 1. The fourth-order valence-electron chi connectivity index (χ4n) is 4.56. The van der Waals surface area contributed by atoms with E-state index in [0.29, 0.717) is 11.3 Å². The first-order chi connectivity index (χ1) is 14.6. The van der Waals surface area contributed by atoms with Crippen LogP contribution in [-0.2, 0) is 20.8 Å². The lowest BCUT2D eigenvalue weighted by Gasteiger charge is -2.35. The molecule has 1 heterocycles. The number of allylic oxidation sites excluding steroid dienone is 9. The average molecular weight is 406 g/mol. The average Bonchev–Trinajstić information content (AvgIpc) is 3.33. The summed E-state index contributed by atoms with van der Waals surface area (Å²) in [7, 11) is -1.32. The third-order valence-corrected chi connectivity index (χ3v) is 6.00. The molecule has 1 aliphatic heterocycles. The van der Waals surface area contributed by atoms with Gasteiger partial charge in [-0.15, -0.1) is 0 Å². The molecule has 2 bridgehead atoms. The lowest BCUT2D eigenvalue weighted by molar-refractivity contribution is -0.141. The number of rotatable bonds is 4. The maximum atomic E-state index is 14.6. The Kier molecular flexibility index (Phi) is 4.72. The molecule has 0 radical (unpaired) electrons. The second-order valence-corrected chi connectivity index (χ2v) is 7.77. The normalized spacial score (nSPS) is 28.2. The molecule has 1 saturated carbocycles. The van der Waals surface area contributed by atoms with Crippen LogP contribution in [0.2, 0.25) is 0 Å². The first-order valence-electron chi connectivity index (χ1n) is 10.0. The molecule has 0 aromatic heterocycles. The fraction of sp³-hybridized carbons (Fsp3) is 0.261. The van der Waals surface area contributed by atoms with Crippen LogP contribution < -0.4 is 10.2 Å². The molecule has 30 heavy (non-hydrogen) atoms. The second kappa shape index (κ2) is 7.41. The molecule has 152 valence electrons. The SMILES string of the molecule is O=C(COc1ccc2c(c1F)B(O)OC2)OC1=C2\CCCC3(C=CC=C23)/C=C/C=C\1. The quantitative estimate of drug-likeness (QED) is 0.615. The van der Waals surface area contributed by atoms with Gasteiger partial charge in [-0.3, -0.25) is 0 Å². The molecule has 3 aliphatic carbocycles. The molecule has 5 nitrogen and oxygen atoms in total. The van der Waals surface area contributed by atoms with Gasteiger partial charge in [-0.2, -0.15) is 0 Å². The Morgan fingerprint density at radius 1 is 1.27 bits per heavy atom. The summed E-state index contributed by atoms with van der Waals surface area (Å²) >= 11 is 0. The Bertz CT molecular complexity index is 1070. The van der Waals surface area contributed by atoms with Gasteiger partial charge in [-0.25, -0.2) is 9.18 Å². The summed E-state index contributed by atoms with van der Waals surface area (Å²) in [5.74, 6) is -0.956. The third kappa shape index (κ3) is 3.14. The number of esters is 1. The van der Waals surface area contributed by atoms with E-state index in [1.807, 2.05) is 18.2 Å². The van der Waals surface area contributed by atoms with Gasteiger partial charge in [-0.1, -0.05) is 42.5 Å². The van der Waals surface area contributed by atoms with Crippen molar-refractivity contribution >= 4 is 18.6 Å². The van der Waals surface area contributed by atoms with E-state index in [0.717, 1.165) is 30.4 Å². The number of hydrogen-bond donors (Lipinski definition) is 1. The smallest absolute Gasteiger partial charge is 0.479 e. The minimum absolute atomic E-state index is 0.0553. The highest BCUT2D eigenvalue weighted by Crippen LogP contribution is 2.50. The molecule has 1 aromatic rings. The molecule has 0 saturated heterocycles. The molecule has 1 fully saturated rings. The van der Waals surface area contributed by atoms with Gasteiger partial charge in [-0.05, 0) is 48.1 Å². The molecule has 7 heteroatoms. The predicted molar refractivity (Wildman–Crippen MR) is 109 cm³/mol. The molecule has 1 unspecified atom stereocenters. The van der Waals surface area contributed by atoms with Crippen molar-refractivity contribution in [2.24, 2.45) is 5.41 Å². The summed E-state index contributed by atoms with van der Waals surface area (Å²) in [4.78, 5) is 12.5. The van der Waals surface area contributed by atoms with Crippen LogP contribution in [0.1, 0.15) is 24.8 Å². The lowest BCUT2D eigenvalue weighted by Crippen LogP contribution is -2.31. The van der Waals surface area contributed by atoms with Crippen LogP contribution in [-0.4, -0.2) is 24.7 Å². The van der Waals surface area contributed by atoms with E-state index in [1.165, 1.54) is 6.07 Å². The maximum absolute atomic E-state index is 14.6. The Morgan fingerprint density at radius 3 is 3.03 bits per heavy atom. The van der Waals surface area contributed by atoms with Crippen LogP contribution in [0.25, 0.3) is 0 Å². The number of benzene rings is 1. The number of carbonyl (C=O) groups excluding carboxylic acids is 1. The topological polar surface area (TPSA) is 65.0 Å². The van der Waals surface area contributed by atoms with Gasteiger partial charge in [0.25, 0.3) is 0 Å². The summed E-state index contributed by atoms with van der Waals surface area (Å²) in [5.41, 5.74) is 2.68. The molecule has 4 aliphatic rings. The summed E-state index contributed by atoms with van der Waals surface area (Å²) in [6.45, 7) is -0.310. The van der Waals surface area contributed by atoms with Gasteiger partial charge < -0.3 is 19.2 Å². The first kappa shape index (κ1) is 19.1. The fourth-order valence-corrected chi connectivity index (χ4v) is 4.56. The van der Waals surface area contributed by atoms with E-state index in [1.54, 1.807) is 12.1 Å². The zero-order valence-corrected chi connectivity index (χ0v) is 16.3. The van der Waals surface area contributed by atoms with Crippen LogP contribution >= 0.6 is 0 Å². The highest BCUT2D eigenvalue weighted by atomic mass is 19.1. The molecular weight excluding hydrogens is 386 g/mol. The minimum Gasteiger partial charge on any atom is -0.479 e. The number of hydrogen-bond acceptors (Lipinski definition) is 5. The van der Waals surface area contributed by atoms with Gasteiger partial charge in [0.2, 0.25) is 0 Å². The molecule has 1 atom stereocenters. The van der Waals surface area contributed by atoms with E-state index in [4.69, 9.17) is 14.1 Å². The van der Waals surface area contributed by atoms with Gasteiger partial charge in [0.05, 0.1) is 6.61 Å². The van der Waals surface area contributed by atoms with Crippen molar-refractivity contribution in [3.05, 3.63) is 83.0 Å². The number of halogens is 1. The number of ether oxygens (including phenoxy) is 2. The number of fused-ring (bicyclic) bond motifs is 1. The summed E-state index contributed by atoms with van der Waals surface area (Å²) in [5, 5.41) is 9.75. The second-order valence-electron chi connectivity index (χ2n) is 7.77. The van der Waals surface area contributed by atoms with Crippen LogP contribution in [0, 0.1) is 11.2 Å². The minimum atomic E-state index is -1.32. The summed E-state index contributed by atoms with van der Waals surface area (Å²) in [6.07, 6.45) is 17.0. The van der Waals surface area contributed by atoms with Gasteiger partial charge >= 0.3 is 13.1 Å². The van der Waals surface area contributed by atoms with Gasteiger partial charge in [0.15, 0.2) is 18.2 Å². The van der Waals surface area contributed by atoms with Crippen LogP contribution in [0.4, 0.5) is 4.39 Å². The van der Waals surface area contributed by atoms with Crippen molar-refractivity contribution in [3.8, 4) is 5.75 Å². The Morgan fingerprint density at radius 2 is 2.13 bits per heavy atom. The molecule has 1 aromatic carbocycles. The van der Waals surface area contributed by atoms with E-state index < -0.39 is 25.5 Å². The van der Waals surface area contributed by atoms with Crippen molar-refractivity contribution in [2.45, 2.75) is 25.9 Å². The summed E-state index contributed by atoms with van der Waals surface area (Å²) < 4.78 is 30.6. The van der Waals surface area contributed by atoms with E-state index in [-0.39, 0.29) is 23.2 Å². The summed E-state index contributed by atoms with van der Waals surface area (Å²) in [6, 6.07) is 3.04. The highest BCUT2D eigenvalue weighted by molar-refractivity contribution is 6.61. The van der Waals surface area contributed by atoms with Gasteiger partial charge in [0.1, 0.15) is 5.76 Å². The monoisotopic (exact) mass is 406 g/mol.